The third-order valence-electron chi connectivity index (χ3n) is 3.23. The smallest absolute Gasteiger partial charge is 0.273 e. The number of aromatic amines is 1. The summed E-state index contributed by atoms with van der Waals surface area (Å²) in [7, 11) is 1.58. The third kappa shape index (κ3) is 2.88. The topological polar surface area (TPSA) is 81.0 Å². The zero-order chi connectivity index (χ0) is 15.8. The summed E-state index contributed by atoms with van der Waals surface area (Å²) in [5, 5.41) is 6.34. The number of nitrogen functional groups attached to an aromatic ring is 1. The van der Waals surface area contributed by atoms with Gasteiger partial charge >= 0.3 is 0 Å². The second kappa shape index (κ2) is 5.41. The molecule has 2 aromatic rings. The molecule has 112 valence electrons. The van der Waals surface area contributed by atoms with Gasteiger partial charge in [-0.05, 0) is 23.1 Å². The van der Waals surface area contributed by atoms with Gasteiger partial charge in [0.05, 0.1) is 29.6 Å². The lowest BCUT2D eigenvalue weighted by Gasteiger charge is -2.24. The first-order valence-electron chi connectivity index (χ1n) is 6.47. The number of ether oxygens (including phenoxy) is 1. The minimum absolute atomic E-state index is 0.193. The van der Waals surface area contributed by atoms with Crippen molar-refractivity contribution >= 4 is 17.3 Å². The van der Waals surface area contributed by atoms with Crippen LogP contribution in [0.15, 0.2) is 23.1 Å². The summed E-state index contributed by atoms with van der Waals surface area (Å²) in [4.78, 5) is 12.0. The fourth-order valence-electron chi connectivity index (χ4n) is 2.23. The van der Waals surface area contributed by atoms with E-state index in [1.807, 2.05) is 26.8 Å². The number of rotatable bonds is 2. The van der Waals surface area contributed by atoms with Crippen molar-refractivity contribution in [2.24, 2.45) is 0 Å². The van der Waals surface area contributed by atoms with Gasteiger partial charge in [0.1, 0.15) is 5.75 Å². The molecule has 0 spiro atoms. The van der Waals surface area contributed by atoms with E-state index in [2.05, 4.69) is 10.2 Å². The van der Waals surface area contributed by atoms with Crippen LogP contribution in [0.25, 0.3) is 11.1 Å². The van der Waals surface area contributed by atoms with Crippen molar-refractivity contribution in [3.63, 3.8) is 0 Å². The standard InChI is InChI=1S/C15H18ClN3O2/c1-15(2,3)9-5-8(6-11(17)13(9)21-4)12-10(16)7-18-19-14(12)20/h5-7H,17H2,1-4H3,(H,19,20). The van der Waals surface area contributed by atoms with Gasteiger partial charge in [0.2, 0.25) is 0 Å². The lowest BCUT2D eigenvalue weighted by molar-refractivity contribution is 0.400. The van der Waals surface area contributed by atoms with Crippen molar-refractivity contribution in [3.8, 4) is 16.9 Å². The Labute approximate surface area is 128 Å². The molecule has 0 saturated carbocycles. The number of methoxy groups -OCH3 is 1. The van der Waals surface area contributed by atoms with Crippen LogP contribution in [-0.4, -0.2) is 17.3 Å². The molecule has 6 heteroatoms. The molecule has 0 aliphatic heterocycles. The van der Waals surface area contributed by atoms with Crippen LogP contribution < -0.4 is 16.0 Å². The lowest BCUT2D eigenvalue weighted by Crippen LogP contribution is -2.16. The minimum atomic E-state index is -0.355. The molecule has 0 saturated heterocycles. The van der Waals surface area contributed by atoms with Crippen molar-refractivity contribution < 1.29 is 4.74 Å². The van der Waals surface area contributed by atoms with Gasteiger partial charge in [0, 0.05) is 5.56 Å². The van der Waals surface area contributed by atoms with Crippen molar-refractivity contribution in [2.45, 2.75) is 26.2 Å². The Morgan fingerprint density at radius 1 is 1.33 bits per heavy atom. The molecule has 0 radical (unpaired) electrons. The molecule has 21 heavy (non-hydrogen) atoms. The van der Waals surface area contributed by atoms with Gasteiger partial charge in [0.15, 0.2) is 0 Å². The van der Waals surface area contributed by atoms with E-state index in [1.54, 1.807) is 13.2 Å². The third-order valence-corrected chi connectivity index (χ3v) is 3.51. The molecule has 0 atom stereocenters. The molecule has 2 rings (SSSR count). The highest BCUT2D eigenvalue weighted by Crippen LogP contribution is 2.39. The number of anilines is 1. The Balaban J connectivity index is 2.79. The molecule has 1 aromatic carbocycles. The number of aromatic nitrogens is 2. The van der Waals surface area contributed by atoms with Crippen LogP contribution in [0.3, 0.4) is 0 Å². The molecule has 0 aliphatic rings. The monoisotopic (exact) mass is 307 g/mol. The van der Waals surface area contributed by atoms with Gasteiger partial charge in [-0.1, -0.05) is 32.4 Å². The average Bonchev–Trinajstić information content (AvgIpc) is 2.36. The van der Waals surface area contributed by atoms with E-state index in [-0.39, 0.29) is 16.0 Å². The van der Waals surface area contributed by atoms with Gasteiger partial charge in [0.25, 0.3) is 5.56 Å². The van der Waals surface area contributed by atoms with Crippen LogP contribution in [0.4, 0.5) is 5.69 Å². The van der Waals surface area contributed by atoms with Crippen molar-refractivity contribution in [1.82, 2.24) is 10.2 Å². The first-order valence-corrected chi connectivity index (χ1v) is 6.85. The summed E-state index contributed by atoms with van der Waals surface area (Å²) in [5.41, 5.74) is 7.90. The summed E-state index contributed by atoms with van der Waals surface area (Å²) >= 11 is 6.10. The molecular weight excluding hydrogens is 290 g/mol. The lowest BCUT2D eigenvalue weighted by atomic mass is 9.84. The number of benzene rings is 1. The van der Waals surface area contributed by atoms with Crippen LogP contribution >= 0.6 is 11.6 Å². The Morgan fingerprint density at radius 3 is 2.52 bits per heavy atom. The molecule has 1 heterocycles. The Kier molecular flexibility index (Phi) is 3.96. The highest BCUT2D eigenvalue weighted by molar-refractivity contribution is 6.33. The van der Waals surface area contributed by atoms with Gasteiger partial charge < -0.3 is 10.5 Å². The first-order chi connectivity index (χ1) is 9.75. The molecule has 0 bridgehead atoms. The summed E-state index contributed by atoms with van der Waals surface area (Å²) in [6.07, 6.45) is 1.40. The fraction of sp³-hybridized carbons (Fsp3) is 0.333. The van der Waals surface area contributed by atoms with E-state index in [1.165, 1.54) is 6.20 Å². The SMILES string of the molecule is COc1c(N)cc(-c2c(Cl)cn[nH]c2=O)cc1C(C)(C)C. The number of nitrogens with two attached hydrogens (primary N) is 1. The largest absolute Gasteiger partial charge is 0.494 e. The number of H-pyrrole nitrogens is 1. The summed E-state index contributed by atoms with van der Waals surface area (Å²) in [5.74, 6) is 0.618. The van der Waals surface area contributed by atoms with E-state index in [9.17, 15) is 4.79 Å². The maximum atomic E-state index is 12.0. The number of nitrogens with one attached hydrogen (secondary N) is 1. The molecule has 0 amide bonds. The Bertz CT molecular complexity index is 733. The van der Waals surface area contributed by atoms with Crippen LogP contribution in [0, 0.1) is 0 Å². The van der Waals surface area contributed by atoms with E-state index in [0.717, 1.165) is 5.56 Å². The van der Waals surface area contributed by atoms with Crippen LogP contribution in [0.5, 0.6) is 5.75 Å². The predicted octanol–water partition coefficient (Wildman–Crippen LogP) is 2.98. The number of nitrogens with zero attached hydrogens (tertiary/aromatic N) is 1. The van der Waals surface area contributed by atoms with E-state index in [0.29, 0.717) is 22.6 Å². The average molecular weight is 308 g/mol. The maximum Gasteiger partial charge on any atom is 0.273 e. The van der Waals surface area contributed by atoms with E-state index >= 15 is 0 Å². The summed E-state index contributed by atoms with van der Waals surface area (Å²) in [6, 6.07) is 3.57. The normalized spacial score (nSPS) is 11.5. The quantitative estimate of drug-likeness (QED) is 0.836. The van der Waals surface area contributed by atoms with Crippen molar-refractivity contribution in [1.29, 1.82) is 0 Å². The predicted molar refractivity (Wildman–Crippen MR) is 85.0 cm³/mol. The van der Waals surface area contributed by atoms with E-state index in [4.69, 9.17) is 22.1 Å². The minimum Gasteiger partial charge on any atom is -0.494 e. The van der Waals surface area contributed by atoms with Gasteiger partial charge in [-0.3, -0.25) is 4.79 Å². The molecule has 0 unspecified atom stereocenters. The van der Waals surface area contributed by atoms with Crippen LogP contribution in [0.1, 0.15) is 26.3 Å². The Morgan fingerprint density at radius 2 is 2.00 bits per heavy atom. The highest BCUT2D eigenvalue weighted by Gasteiger charge is 2.23. The summed E-state index contributed by atoms with van der Waals surface area (Å²) in [6.45, 7) is 6.14. The zero-order valence-corrected chi connectivity index (χ0v) is 13.2. The number of halogens is 1. The fourth-order valence-corrected chi connectivity index (χ4v) is 2.47. The van der Waals surface area contributed by atoms with E-state index < -0.39 is 0 Å². The number of hydrogen-bond donors (Lipinski definition) is 2. The van der Waals surface area contributed by atoms with Crippen LogP contribution in [-0.2, 0) is 5.41 Å². The first kappa shape index (κ1) is 15.4. The van der Waals surface area contributed by atoms with Crippen molar-refractivity contribution in [2.75, 3.05) is 12.8 Å². The molecule has 0 fully saturated rings. The summed E-state index contributed by atoms with van der Waals surface area (Å²) < 4.78 is 5.40. The molecule has 5 nitrogen and oxygen atoms in total. The van der Waals surface area contributed by atoms with Crippen molar-refractivity contribution in [3.05, 3.63) is 39.3 Å². The Hall–Kier alpha value is -2.01. The second-order valence-electron chi connectivity index (χ2n) is 5.82. The molecule has 3 N–H and O–H groups in total. The van der Waals surface area contributed by atoms with Gasteiger partial charge in [-0.2, -0.15) is 5.10 Å². The highest BCUT2D eigenvalue weighted by atomic mass is 35.5. The zero-order valence-electron chi connectivity index (χ0n) is 12.5. The maximum absolute atomic E-state index is 12.0. The molecular formula is C15H18ClN3O2. The molecule has 0 aliphatic carbocycles. The van der Waals surface area contributed by atoms with Gasteiger partial charge in [-0.25, -0.2) is 5.10 Å². The second-order valence-corrected chi connectivity index (χ2v) is 6.23. The number of hydrogen-bond acceptors (Lipinski definition) is 4. The molecule has 1 aromatic heterocycles. The van der Waals surface area contributed by atoms with Gasteiger partial charge in [-0.15, -0.1) is 0 Å². The van der Waals surface area contributed by atoms with Crippen LogP contribution in [0.2, 0.25) is 5.02 Å².